The molecule has 0 saturated carbocycles. The number of nitrogens with zero attached hydrogens (tertiary/aromatic N) is 1. The third kappa shape index (κ3) is 4.37. The summed E-state index contributed by atoms with van der Waals surface area (Å²) in [7, 11) is -3.80. The minimum atomic E-state index is -3.80. The topological polar surface area (TPSA) is 66.5 Å². The van der Waals surface area contributed by atoms with Crippen molar-refractivity contribution in [2.24, 2.45) is 5.92 Å². The molecule has 1 aliphatic rings. The summed E-state index contributed by atoms with van der Waals surface area (Å²) in [6, 6.07) is 12.6. The van der Waals surface area contributed by atoms with E-state index in [9.17, 15) is 13.2 Å². The van der Waals surface area contributed by atoms with Crippen molar-refractivity contribution in [3.05, 3.63) is 59.1 Å². The van der Waals surface area contributed by atoms with Gasteiger partial charge in [0.1, 0.15) is 0 Å². The van der Waals surface area contributed by atoms with Gasteiger partial charge in [-0.05, 0) is 55.2 Å². The second kappa shape index (κ2) is 7.68. The molecule has 1 aliphatic heterocycles. The number of amides is 1. The molecule has 5 nitrogen and oxygen atoms in total. The van der Waals surface area contributed by atoms with E-state index in [2.05, 4.69) is 11.6 Å². The van der Waals surface area contributed by atoms with E-state index < -0.39 is 10.0 Å². The van der Waals surface area contributed by atoms with Crippen LogP contribution in [0.3, 0.4) is 0 Å². The summed E-state index contributed by atoms with van der Waals surface area (Å²) in [5, 5.41) is 0.438. The minimum Gasteiger partial charge on any atom is -0.339 e. The number of carbonyl (C=O) groups excluding carboxylic acids is 1. The van der Waals surface area contributed by atoms with E-state index >= 15 is 0 Å². The van der Waals surface area contributed by atoms with Crippen LogP contribution in [-0.2, 0) is 10.0 Å². The molecule has 0 radical (unpaired) electrons. The zero-order valence-corrected chi connectivity index (χ0v) is 16.1. The van der Waals surface area contributed by atoms with Gasteiger partial charge in [0.25, 0.3) is 15.9 Å². The Morgan fingerprint density at radius 1 is 1.12 bits per heavy atom. The summed E-state index contributed by atoms with van der Waals surface area (Å²) < 4.78 is 27.7. The molecule has 2 aromatic rings. The summed E-state index contributed by atoms with van der Waals surface area (Å²) in [4.78, 5) is 14.5. The molecule has 0 unspecified atom stereocenters. The number of sulfonamides is 1. The summed E-state index contributed by atoms with van der Waals surface area (Å²) >= 11 is 5.90. The number of benzene rings is 2. The van der Waals surface area contributed by atoms with Crippen molar-refractivity contribution in [1.82, 2.24) is 4.90 Å². The molecule has 0 aromatic heterocycles. The zero-order valence-electron chi connectivity index (χ0n) is 14.5. The number of likely N-dealkylation sites (tertiary alicyclic amines) is 1. The fourth-order valence-electron chi connectivity index (χ4n) is 2.96. The van der Waals surface area contributed by atoms with E-state index in [4.69, 9.17) is 11.6 Å². The van der Waals surface area contributed by atoms with Crippen molar-refractivity contribution >= 4 is 33.2 Å². The number of halogens is 1. The number of nitrogens with one attached hydrogen (secondary N) is 1. The van der Waals surface area contributed by atoms with E-state index in [0.29, 0.717) is 35.3 Å². The minimum absolute atomic E-state index is 0.0497. The molecule has 0 atom stereocenters. The van der Waals surface area contributed by atoms with Crippen LogP contribution in [-0.4, -0.2) is 32.3 Å². The number of piperidine rings is 1. The van der Waals surface area contributed by atoms with Crippen LogP contribution >= 0.6 is 11.6 Å². The first kappa shape index (κ1) is 18.7. The third-order valence-electron chi connectivity index (χ3n) is 4.54. The molecule has 138 valence electrons. The van der Waals surface area contributed by atoms with E-state index in [-0.39, 0.29) is 10.8 Å². The summed E-state index contributed by atoms with van der Waals surface area (Å²) in [6.45, 7) is 3.59. The Morgan fingerprint density at radius 3 is 2.50 bits per heavy atom. The molecule has 1 fully saturated rings. The van der Waals surface area contributed by atoms with Crippen molar-refractivity contribution in [1.29, 1.82) is 0 Å². The number of rotatable bonds is 4. The highest BCUT2D eigenvalue weighted by atomic mass is 35.5. The normalized spacial score (nSPS) is 15.7. The predicted molar refractivity (Wildman–Crippen MR) is 103 cm³/mol. The van der Waals surface area contributed by atoms with Crippen LogP contribution in [0, 0.1) is 5.92 Å². The number of carbonyl (C=O) groups is 1. The smallest absolute Gasteiger partial charge is 0.261 e. The van der Waals surface area contributed by atoms with Gasteiger partial charge in [-0.1, -0.05) is 30.7 Å². The largest absolute Gasteiger partial charge is 0.339 e. The molecule has 26 heavy (non-hydrogen) atoms. The molecule has 1 saturated heterocycles. The summed E-state index contributed by atoms with van der Waals surface area (Å²) in [5.74, 6) is 0.490. The van der Waals surface area contributed by atoms with Crippen molar-refractivity contribution in [2.75, 3.05) is 17.8 Å². The SMILES string of the molecule is CC1CCN(C(=O)c2cccc(S(=O)(=O)Nc3cccc(Cl)c3)c2)CC1. The molecule has 1 amide bonds. The molecule has 0 spiro atoms. The molecule has 0 aliphatic carbocycles. The van der Waals surface area contributed by atoms with Crippen LogP contribution in [0.25, 0.3) is 0 Å². The van der Waals surface area contributed by atoms with Crippen molar-refractivity contribution < 1.29 is 13.2 Å². The van der Waals surface area contributed by atoms with Gasteiger partial charge in [-0.2, -0.15) is 0 Å². The summed E-state index contributed by atoms with van der Waals surface area (Å²) in [6.07, 6.45) is 1.94. The Bertz CT molecular complexity index is 907. The molecule has 1 heterocycles. The van der Waals surface area contributed by atoms with Gasteiger partial charge < -0.3 is 4.90 Å². The van der Waals surface area contributed by atoms with E-state index in [1.54, 1.807) is 35.2 Å². The summed E-state index contributed by atoms with van der Waals surface area (Å²) in [5.41, 5.74) is 0.757. The maximum absolute atomic E-state index is 12.7. The monoisotopic (exact) mass is 392 g/mol. The third-order valence-corrected chi connectivity index (χ3v) is 6.15. The quantitative estimate of drug-likeness (QED) is 0.854. The van der Waals surface area contributed by atoms with Gasteiger partial charge in [0, 0.05) is 23.7 Å². The highest BCUT2D eigenvalue weighted by Crippen LogP contribution is 2.22. The highest BCUT2D eigenvalue weighted by molar-refractivity contribution is 7.92. The Hall–Kier alpha value is -2.05. The van der Waals surface area contributed by atoms with Crippen molar-refractivity contribution in [3.8, 4) is 0 Å². The van der Waals surface area contributed by atoms with E-state index in [0.717, 1.165) is 12.8 Å². The average molecular weight is 393 g/mol. The maximum Gasteiger partial charge on any atom is 0.261 e. The van der Waals surface area contributed by atoms with Gasteiger partial charge in [0.15, 0.2) is 0 Å². The fraction of sp³-hybridized carbons (Fsp3) is 0.316. The highest BCUT2D eigenvalue weighted by Gasteiger charge is 2.23. The standard InChI is InChI=1S/C19H21ClN2O3S/c1-14-8-10-22(11-9-14)19(23)15-4-2-7-18(12-15)26(24,25)21-17-6-3-5-16(20)13-17/h2-7,12-14,21H,8-11H2,1H3. The van der Waals surface area contributed by atoms with Crippen LogP contribution in [0.1, 0.15) is 30.1 Å². The lowest BCUT2D eigenvalue weighted by molar-refractivity contribution is 0.0697. The Balaban J connectivity index is 1.81. The first-order valence-electron chi connectivity index (χ1n) is 8.53. The Morgan fingerprint density at radius 2 is 1.81 bits per heavy atom. The molecule has 3 rings (SSSR count). The number of hydrogen-bond acceptors (Lipinski definition) is 3. The predicted octanol–water partition coefficient (Wildman–Crippen LogP) is 4.01. The van der Waals surface area contributed by atoms with Crippen molar-refractivity contribution in [2.45, 2.75) is 24.7 Å². The maximum atomic E-state index is 12.7. The van der Waals surface area contributed by atoms with Gasteiger partial charge in [-0.15, -0.1) is 0 Å². The van der Waals surface area contributed by atoms with Crippen LogP contribution in [0.2, 0.25) is 5.02 Å². The van der Waals surface area contributed by atoms with Crippen LogP contribution in [0.4, 0.5) is 5.69 Å². The lowest BCUT2D eigenvalue weighted by Gasteiger charge is -2.30. The zero-order chi connectivity index (χ0) is 18.7. The van der Waals surface area contributed by atoms with Gasteiger partial charge in [-0.3, -0.25) is 9.52 Å². The molecule has 0 bridgehead atoms. The second-order valence-corrected chi connectivity index (χ2v) is 8.74. The number of anilines is 1. The van der Waals surface area contributed by atoms with Crippen LogP contribution in [0.5, 0.6) is 0 Å². The van der Waals surface area contributed by atoms with Crippen LogP contribution < -0.4 is 4.72 Å². The average Bonchev–Trinajstić information content (AvgIpc) is 2.61. The molecular formula is C19H21ClN2O3S. The van der Waals surface area contributed by atoms with Gasteiger partial charge >= 0.3 is 0 Å². The fourth-order valence-corrected chi connectivity index (χ4v) is 4.24. The van der Waals surface area contributed by atoms with E-state index in [1.807, 2.05) is 0 Å². The first-order valence-corrected chi connectivity index (χ1v) is 10.4. The van der Waals surface area contributed by atoms with Crippen molar-refractivity contribution in [3.63, 3.8) is 0 Å². The molecule has 1 N–H and O–H groups in total. The lowest BCUT2D eigenvalue weighted by Crippen LogP contribution is -2.37. The lowest BCUT2D eigenvalue weighted by atomic mass is 9.98. The Labute approximate surface area is 159 Å². The van der Waals surface area contributed by atoms with E-state index in [1.165, 1.54) is 18.2 Å². The first-order chi connectivity index (χ1) is 12.3. The second-order valence-electron chi connectivity index (χ2n) is 6.62. The molecule has 2 aromatic carbocycles. The van der Waals surface area contributed by atoms with Gasteiger partial charge in [0.05, 0.1) is 10.6 Å². The molecular weight excluding hydrogens is 372 g/mol. The molecule has 7 heteroatoms. The van der Waals surface area contributed by atoms with Crippen LogP contribution in [0.15, 0.2) is 53.4 Å². The van der Waals surface area contributed by atoms with Gasteiger partial charge in [0.2, 0.25) is 0 Å². The number of hydrogen-bond donors (Lipinski definition) is 1. The van der Waals surface area contributed by atoms with Gasteiger partial charge in [-0.25, -0.2) is 8.42 Å². The Kier molecular flexibility index (Phi) is 5.53.